The highest BCUT2D eigenvalue weighted by Crippen LogP contribution is 2.40. The van der Waals surface area contributed by atoms with E-state index in [4.69, 9.17) is 14.2 Å². The minimum Gasteiger partial charge on any atom is -0.493 e. The Kier molecular flexibility index (Phi) is 9.04. The van der Waals surface area contributed by atoms with E-state index in [9.17, 15) is 0 Å². The summed E-state index contributed by atoms with van der Waals surface area (Å²) in [5.74, 6) is 2.79. The Morgan fingerprint density at radius 2 is 1.68 bits per heavy atom. The van der Waals surface area contributed by atoms with Crippen molar-refractivity contribution in [2.75, 3.05) is 41.5 Å². The Balaban J connectivity index is 0.000000336. The van der Waals surface area contributed by atoms with Crippen LogP contribution in [0.15, 0.2) is 30.5 Å². The van der Waals surface area contributed by atoms with E-state index in [2.05, 4.69) is 22.5 Å². The monoisotopic (exact) mass is 387 g/mol. The molecule has 1 aliphatic rings. The zero-order chi connectivity index (χ0) is 20.4. The lowest BCUT2D eigenvalue weighted by Gasteiger charge is -2.17. The van der Waals surface area contributed by atoms with Crippen molar-refractivity contribution < 1.29 is 14.2 Å². The highest BCUT2D eigenvalue weighted by molar-refractivity contribution is 5.69. The van der Waals surface area contributed by atoms with E-state index < -0.39 is 0 Å². The quantitative estimate of drug-likeness (QED) is 0.791. The van der Waals surface area contributed by atoms with Crippen LogP contribution in [0.3, 0.4) is 0 Å². The first kappa shape index (κ1) is 22.0. The van der Waals surface area contributed by atoms with Gasteiger partial charge in [-0.2, -0.15) is 0 Å². The number of hydrogen-bond donors (Lipinski definition) is 2. The van der Waals surface area contributed by atoms with Gasteiger partial charge in [-0.1, -0.05) is 6.92 Å². The van der Waals surface area contributed by atoms with Crippen molar-refractivity contribution >= 4 is 0 Å². The summed E-state index contributed by atoms with van der Waals surface area (Å²) < 4.78 is 16.1. The maximum Gasteiger partial charge on any atom is 0.203 e. The molecule has 0 amide bonds. The van der Waals surface area contributed by atoms with Gasteiger partial charge in [0.2, 0.25) is 5.75 Å². The largest absolute Gasteiger partial charge is 0.493 e. The molecule has 1 saturated heterocycles. The maximum absolute atomic E-state index is 5.37. The van der Waals surface area contributed by atoms with Crippen LogP contribution in [0.1, 0.15) is 25.3 Å². The van der Waals surface area contributed by atoms with Crippen LogP contribution in [0.25, 0.3) is 11.3 Å². The lowest BCUT2D eigenvalue weighted by atomic mass is 10.0. The minimum absolute atomic E-state index is 0.579. The SMILES string of the molecule is CC1CCNCC1.CNCc1ccnc(-c2cc(OC)c(OC)c(OC)c2)c1. The molecule has 0 bridgehead atoms. The molecule has 2 N–H and O–H groups in total. The van der Waals surface area contributed by atoms with Crippen molar-refractivity contribution in [2.45, 2.75) is 26.3 Å². The third-order valence-corrected chi connectivity index (χ3v) is 4.79. The van der Waals surface area contributed by atoms with E-state index in [0.29, 0.717) is 17.2 Å². The van der Waals surface area contributed by atoms with Gasteiger partial charge in [-0.25, -0.2) is 0 Å². The molecule has 0 saturated carbocycles. The van der Waals surface area contributed by atoms with E-state index in [-0.39, 0.29) is 0 Å². The Bertz CT molecular complexity index is 706. The second kappa shape index (κ2) is 11.5. The normalized spacial score (nSPS) is 14.0. The molecule has 0 radical (unpaired) electrons. The predicted octanol–water partition coefficient (Wildman–Crippen LogP) is 3.50. The van der Waals surface area contributed by atoms with Crippen LogP contribution in [0.5, 0.6) is 17.2 Å². The lowest BCUT2D eigenvalue weighted by molar-refractivity contribution is 0.324. The number of nitrogens with one attached hydrogen (secondary N) is 2. The van der Waals surface area contributed by atoms with Crippen molar-refractivity contribution in [1.29, 1.82) is 0 Å². The van der Waals surface area contributed by atoms with Gasteiger partial charge in [0.1, 0.15) is 0 Å². The van der Waals surface area contributed by atoms with Gasteiger partial charge in [0, 0.05) is 18.3 Å². The Morgan fingerprint density at radius 3 is 2.14 bits per heavy atom. The minimum atomic E-state index is 0.579. The van der Waals surface area contributed by atoms with Gasteiger partial charge in [-0.15, -0.1) is 0 Å². The Labute approximate surface area is 168 Å². The van der Waals surface area contributed by atoms with Crippen LogP contribution in [-0.4, -0.2) is 46.5 Å². The van der Waals surface area contributed by atoms with Gasteiger partial charge in [0.05, 0.1) is 27.0 Å². The highest BCUT2D eigenvalue weighted by Gasteiger charge is 2.14. The van der Waals surface area contributed by atoms with Crippen molar-refractivity contribution in [3.8, 4) is 28.5 Å². The van der Waals surface area contributed by atoms with Crippen LogP contribution < -0.4 is 24.8 Å². The van der Waals surface area contributed by atoms with E-state index in [1.165, 1.54) is 25.9 Å². The molecule has 0 unspecified atom stereocenters. The fraction of sp³-hybridized carbons (Fsp3) is 0.500. The second-order valence-electron chi connectivity index (χ2n) is 6.93. The van der Waals surface area contributed by atoms with Crippen LogP contribution in [0.2, 0.25) is 0 Å². The van der Waals surface area contributed by atoms with Crippen LogP contribution in [-0.2, 0) is 6.54 Å². The lowest BCUT2D eigenvalue weighted by Crippen LogP contribution is -2.26. The topological polar surface area (TPSA) is 64.6 Å². The smallest absolute Gasteiger partial charge is 0.203 e. The van der Waals surface area contributed by atoms with E-state index in [1.807, 2.05) is 31.3 Å². The van der Waals surface area contributed by atoms with Gasteiger partial charge >= 0.3 is 0 Å². The molecule has 1 aromatic carbocycles. The number of benzene rings is 1. The van der Waals surface area contributed by atoms with Gasteiger partial charge in [-0.05, 0) is 68.7 Å². The first-order valence-electron chi connectivity index (χ1n) is 9.73. The molecule has 0 aliphatic carbocycles. The van der Waals surface area contributed by atoms with Crippen LogP contribution in [0.4, 0.5) is 0 Å². The summed E-state index contributed by atoms with van der Waals surface area (Å²) in [5, 5.41) is 6.44. The summed E-state index contributed by atoms with van der Waals surface area (Å²) in [4.78, 5) is 4.42. The molecule has 0 spiro atoms. The molecule has 6 nitrogen and oxygen atoms in total. The number of rotatable bonds is 6. The molecule has 1 aromatic heterocycles. The molecule has 2 aromatic rings. The predicted molar refractivity (Wildman–Crippen MR) is 113 cm³/mol. The van der Waals surface area contributed by atoms with Crippen molar-refractivity contribution in [1.82, 2.24) is 15.6 Å². The molecule has 2 heterocycles. The molecular weight excluding hydrogens is 354 g/mol. The van der Waals surface area contributed by atoms with Gasteiger partial charge < -0.3 is 24.8 Å². The third kappa shape index (κ3) is 6.11. The Hall–Kier alpha value is -2.31. The Morgan fingerprint density at radius 1 is 1.04 bits per heavy atom. The number of pyridine rings is 1. The number of hydrogen-bond acceptors (Lipinski definition) is 6. The molecule has 0 atom stereocenters. The molecule has 154 valence electrons. The molecule has 28 heavy (non-hydrogen) atoms. The fourth-order valence-electron chi connectivity index (χ4n) is 3.14. The second-order valence-corrected chi connectivity index (χ2v) is 6.93. The standard InChI is InChI=1S/C16H20N2O3.C6H13N/c1-17-10-11-5-6-18-13(7-11)12-8-14(19-2)16(21-4)15(9-12)20-3;1-6-2-4-7-5-3-6/h5-9,17H,10H2,1-4H3;6-7H,2-5H2,1H3. The third-order valence-electron chi connectivity index (χ3n) is 4.79. The number of piperidine rings is 1. The molecule has 1 fully saturated rings. The molecule has 1 aliphatic heterocycles. The number of methoxy groups -OCH3 is 3. The van der Waals surface area contributed by atoms with Gasteiger partial charge in [0.25, 0.3) is 0 Å². The summed E-state index contributed by atoms with van der Waals surface area (Å²) in [6, 6.07) is 7.81. The first-order valence-corrected chi connectivity index (χ1v) is 9.73. The van der Waals surface area contributed by atoms with E-state index in [0.717, 1.165) is 29.3 Å². The number of ether oxygens (including phenoxy) is 3. The summed E-state index contributed by atoms with van der Waals surface area (Å²) in [7, 11) is 6.71. The number of aromatic nitrogens is 1. The summed E-state index contributed by atoms with van der Waals surface area (Å²) in [6.07, 6.45) is 4.55. The zero-order valence-electron chi connectivity index (χ0n) is 17.7. The summed E-state index contributed by atoms with van der Waals surface area (Å²) in [5.41, 5.74) is 2.95. The van der Waals surface area contributed by atoms with Gasteiger partial charge in [0.15, 0.2) is 11.5 Å². The summed E-state index contributed by atoms with van der Waals surface area (Å²) in [6.45, 7) is 5.59. The number of nitrogens with zero attached hydrogens (tertiary/aromatic N) is 1. The first-order chi connectivity index (χ1) is 13.6. The fourth-order valence-corrected chi connectivity index (χ4v) is 3.14. The van der Waals surface area contributed by atoms with Crippen molar-refractivity contribution in [2.24, 2.45) is 5.92 Å². The average Bonchev–Trinajstić information content (AvgIpc) is 2.74. The van der Waals surface area contributed by atoms with Crippen LogP contribution >= 0.6 is 0 Å². The molecule has 6 heteroatoms. The summed E-state index contributed by atoms with van der Waals surface area (Å²) >= 11 is 0. The van der Waals surface area contributed by atoms with E-state index in [1.54, 1.807) is 27.5 Å². The van der Waals surface area contributed by atoms with Crippen molar-refractivity contribution in [3.05, 3.63) is 36.0 Å². The highest BCUT2D eigenvalue weighted by atomic mass is 16.5. The zero-order valence-corrected chi connectivity index (χ0v) is 17.7. The molecule has 3 rings (SSSR count). The van der Waals surface area contributed by atoms with E-state index >= 15 is 0 Å². The van der Waals surface area contributed by atoms with Crippen LogP contribution in [0, 0.1) is 5.92 Å². The average molecular weight is 388 g/mol. The molecular formula is C22H33N3O3. The van der Waals surface area contributed by atoms with Crippen molar-refractivity contribution in [3.63, 3.8) is 0 Å². The van der Waals surface area contributed by atoms with Gasteiger partial charge in [-0.3, -0.25) is 4.98 Å². The maximum atomic E-state index is 5.37.